The molecule has 0 unspecified atom stereocenters. The Labute approximate surface area is 165 Å². The van der Waals surface area contributed by atoms with Crippen LogP contribution in [-0.2, 0) is 11.3 Å². The highest BCUT2D eigenvalue weighted by Gasteiger charge is 2.19. The van der Waals surface area contributed by atoms with Crippen molar-refractivity contribution in [3.63, 3.8) is 0 Å². The second-order valence-corrected chi connectivity index (χ2v) is 5.91. The molecule has 28 heavy (non-hydrogen) atoms. The zero-order valence-corrected chi connectivity index (χ0v) is 15.6. The molecule has 0 radical (unpaired) electrons. The number of hydrogen-bond donors (Lipinski definition) is 1. The first-order valence-corrected chi connectivity index (χ1v) is 8.66. The molecule has 0 amide bonds. The summed E-state index contributed by atoms with van der Waals surface area (Å²) < 4.78 is 16.3. The highest BCUT2D eigenvalue weighted by Crippen LogP contribution is 2.32. The van der Waals surface area contributed by atoms with Crippen LogP contribution in [0.15, 0.2) is 42.5 Å². The number of carbonyl (C=O) groups is 1. The van der Waals surface area contributed by atoms with Gasteiger partial charge in [0.15, 0.2) is 0 Å². The predicted molar refractivity (Wildman–Crippen MR) is 99.4 cm³/mol. The van der Waals surface area contributed by atoms with Crippen LogP contribution in [0.5, 0.6) is 17.4 Å². The molecule has 1 aromatic heterocycles. The van der Waals surface area contributed by atoms with E-state index in [1.54, 1.807) is 49.4 Å². The van der Waals surface area contributed by atoms with Gasteiger partial charge in [-0.1, -0.05) is 34.0 Å². The van der Waals surface area contributed by atoms with Crippen molar-refractivity contribution < 1.29 is 19.0 Å². The van der Waals surface area contributed by atoms with Crippen LogP contribution in [0.4, 0.5) is 0 Å². The Morgan fingerprint density at radius 1 is 1.25 bits per heavy atom. The fourth-order valence-electron chi connectivity index (χ4n) is 2.23. The first-order chi connectivity index (χ1) is 13.6. The maximum atomic E-state index is 11.9. The van der Waals surface area contributed by atoms with E-state index < -0.39 is 5.97 Å². The van der Waals surface area contributed by atoms with E-state index in [0.717, 1.165) is 5.56 Å². The molecule has 9 heteroatoms. The summed E-state index contributed by atoms with van der Waals surface area (Å²) in [7, 11) is 0. The average molecular weight is 399 g/mol. The molecule has 0 atom stereocenters. The van der Waals surface area contributed by atoms with Gasteiger partial charge in [0.25, 0.3) is 5.88 Å². The average Bonchev–Trinajstić information content (AvgIpc) is 3.17. The van der Waals surface area contributed by atoms with Crippen LogP contribution in [0.2, 0.25) is 5.02 Å². The quantitative estimate of drug-likeness (QED) is 0.601. The molecule has 0 bridgehead atoms. The molecule has 0 saturated carbocycles. The minimum Gasteiger partial charge on any atom is -0.487 e. The van der Waals surface area contributed by atoms with Crippen LogP contribution >= 0.6 is 11.6 Å². The van der Waals surface area contributed by atoms with E-state index in [0.29, 0.717) is 22.1 Å². The van der Waals surface area contributed by atoms with E-state index in [1.807, 2.05) is 0 Å². The van der Waals surface area contributed by atoms with Crippen LogP contribution < -0.4 is 9.47 Å². The van der Waals surface area contributed by atoms with E-state index in [1.165, 1.54) is 0 Å². The minimum atomic E-state index is -0.617. The maximum Gasteiger partial charge on any atom is 0.362 e. The van der Waals surface area contributed by atoms with Crippen molar-refractivity contribution in [3.05, 3.63) is 64.3 Å². The third kappa shape index (κ3) is 4.58. The van der Waals surface area contributed by atoms with Crippen LogP contribution in [0.3, 0.4) is 0 Å². The number of ether oxygens (including phenoxy) is 3. The number of aromatic nitrogens is 3. The molecule has 0 spiro atoms. The van der Waals surface area contributed by atoms with Crippen molar-refractivity contribution in [3.8, 4) is 23.4 Å². The molecule has 3 rings (SSSR count). The van der Waals surface area contributed by atoms with Crippen molar-refractivity contribution in [2.75, 3.05) is 6.61 Å². The van der Waals surface area contributed by atoms with E-state index in [-0.39, 0.29) is 24.8 Å². The molecule has 1 heterocycles. The van der Waals surface area contributed by atoms with Gasteiger partial charge >= 0.3 is 5.97 Å². The van der Waals surface area contributed by atoms with Crippen LogP contribution in [0.1, 0.15) is 28.5 Å². The van der Waals surface area contributed by atoms with Crippen molar-refractivity contribution in [1.82, 2.24) is 15.4 Å². The number of rotatable bonds is 7. The van der Waals surface area contributed by atoms with Gasteiger partial charge in [-0.25, -0.2) is 9.89 Å². The molecule has 0 aliphatic rings. The summed E-state index contributed by atoms with van der Waals surface area (Å²) in [6.07, 6.45) is 0. The summed E-state index contributed by atoms with van der Waals surface area (Å²) in [6.45, 7) is 2.16. The van der Waals surface area contributed by atoms with E-state index in [4.69, 9.17) is 31.1 Å². The Kier molecular flexibility index (Phi) is 6.09. The topological polar surface area (TPSA) is 110 Å². The van der Waals surface area contributed by atoms with Gasteiger partial charge in [0.1, 0.15) is 18.1 Å². The second kappa shape index (κ2) is 8.88. The van der Waals surface area contributed by atoms with Gasteiger partial charge in [-0.05, 0) is 36.8 Å². The number of H-pyrrole nitrogens is 1. The molecular formula is C19H15ClN4O4. The van der Waals surface area contributed by atoms with Gasteiger partial charge in [-0.15, -0.1) is 0 Å². The molecule has 1 N–H and O–H groups in total. The number of esters is 1. The summed E-state index contributed by atoms with van der Waals surface area (Å²) in [6, 6.07) is 13.9. The molecule has 3 aromatic rings. The van der Waals surface area contributed by atoms with Crippen molar-refractivity contribution in [1.29, 1.82) is 5.26 Å². The minimum absolute atomic E-state index is 0.0110. The van der Waals surface area contributed by atoms with Gasteiger partial charge < -0.3 is 14.2 Å². The monoisotopic (exact) mass is 398 g/mol. The Hall–Kier alpha value is -3.57. The maximum absolute atomic E-state index is 11.9. The molecule has 0 fully saturated rings. The van der Waals surface area contributed by atoms with Crippen LogP contribution in [0, 0.1) is 11.3 Å². The third-order valence-electron chi connectivity index (χ3n) is 3.59. The summed E-state index contributed by atoms with van der Waals surface area (Å²) in [4.78, 5) is 11.9. The molecule has 0 aliphatic carbocycles. The number of nitriles is 1. The van der Waals surface area contributed by atoms with E-state index in [2.05, 4.69) is 21.5 Å². The Balaban J connectivity index is 1.72. The number of benzene rings is 2. The lowest BCUT2D eigenvalue weighted by atomic mass is 10.2. The van der Waals surface area contributed by atoms with Crippen molar-refractivity contribution in [2.24, 2.45) is 0 Å². The first-order valence-electron chi connectivity index (χ1n) is 8.28. The molecule has 2 aromatic carbocycles. The smallest absolute Gasteiger partial charge is 0.362 e. The zero-order valence-electron chi connectivity index (χ0n) is 14.8. The Bertz CT molecular complexity index is 1010. The van der Waals surface area contributed by atoms with Crippen LogP contribution in [-0.4, -0.2) is 28.0 Å². The van der Waals surface area contributed by atoms with Gasteiger partial charge in [0.05, 0.1) is 23.3 Å². The zero-order chi connectivity index (χ0) is 19.9. The lowest BCUT2D eigenvalue weighted by molar-refractivity contribution is 0.0516. The number of aromatic amines is 1. The number of halogens is 1. The normalized spacial score (nSPS) is 10.2. The van der Waals surface area contributed by atoms with Gasteiger partial charge in [-0.3, -0.25) is 0 Å². The highest BCUT2D eigenvalue weighted by atomic mass is 35.5. The lowest BCUT2D eigenvalue weighted by Crippen LogP contribution is -2.06. The number of nitrogens with one attached hydrogen (secondary N) is 1. The summed E-state index contributed by atoms with van der Waals surface area (Å²) in [5.41, 5.74) is 1.46. The fraction of sp³-hybridized carbons (Fsp3) is 0.158. The fourth-order valence-corrected chi connectivity index (χ4v) is 2.40. The van der Waals surface area contributed by atoms with E-state index >= 15 is 0 Å². The Morgan fingerprint density at radius 2 is 2.04 bits per heavy atom. The number of hydrogen-bond acceptors (Lipinski definition) is 7. The van der Waals surface area contributed by atoms with Crippen molar-refractivity contribution >= 4 is 17.6 Å². The first kappa shape index (κ1) is 19.2. The summed E-state index contributed by atoms with van der Waals surface area (Å²) >= 11 is 6.18. The number of nitrogens with zero attached hydrogens (tertiary/aromatic N) is 3. The highest BCUT2D eigenvalue weighted by molar-refractivity contribution is 6.32. The lowest BCUT2D eigenvalue weighted by Gasteiger charge is -2.10. The SMILES string of the molecule is CCOC(=O)c1[nH]nnc1Oc1ccc(Cl)c(OCc2ccc(C#N)cc2)c1. The van der Waals surface area contributed by atoms with Gasteiger partial charge in [0, 0.05) is 6.07 Å². The van der Waals surface area contributed by atoms with Crippen LogP contribution in [0.25, 0.3) is 0 Å². The summed E-state index contributed by atoms with van der Waals surface area (Å²) in [5.74, 6) is 0.121. The standard InChI is InChI=1S/C19H15ClN4O4/c1-2-26-19(25)17-18(23-24-22-17)28-14-7-8-15(20)16(9-14)27-11-13-5-3-12(10-21)4-6-13/h3-9H,2,11H2,1H3,(H,22,23,24). The van der Waals surface area contributed by atoms with Gasteiger partial charge in [-0.2, -0.15) is 5.26 Å². The number of carbonyl (C=O) groups excluding carboxylic acids is 1. The second-order valence-electron chi connectivity index (χ2n) is 5.50. The molecule has 142 valence electrons. The summed E-state index contributed by atoms with van der Waals surface area (Å²) in [5, 5.41) is 19.0. The van der Waals surface area contributed by atoms with E-state index in [9.17, 15) is 4.79 Å². The molecular weight excluding hydrogens is 384 g/mol. The molecule has 0 saturated heterocycles. The molecule has 8 nitrogen and oxygen atoms in total. The molecule has 0 aliphatic heterocycles. The largest absolute Gasteiger partial charge is 0.487 e. The van der Waals surface area contributed by atoms with Crippen molar-refractivity contribution in [2.45, 2.75) is 13.5 Å². The van der Waals surface area contributed by atoms with Gasteiger partial charge in [0.2, 0.25) is 5.69 Å². The Morgan fingerprint density at radius 3 is 2.75 bits per heavy atom. The third-order valence-corrected chi connectivity index (χ3v) is 3.90. The predicted octanol–water partition coefficient (Wildman–Crippen LogP) is 3.88.